The normalized spacial score (nSPS) is 22.6. The van der Waals surface area contributed by atoms with Crippen LogP contribution in [0.1, 0.15) is 48.7 Å². The van der Waals surface area contributed by atoms with Gasteiger partial charge in [-0.15, -0.1) is 0 Å². The lowest BCUT2D eigenvalue weighted by Gasteiger charge is -2.60. The molecule has 1 aliphatic carbocycles. The Kier molecular flexibility index (Phi) is 4.26. The SMILES string of the molecule is CC1(C)[C@H]2Cc3cc4nc(-c5ccnnc5)[nH]c4cc3[C@]1(C)CCN2C(=O)c1ccc2nc[nH]c2c1. The number of H-pyrrole nitrogens is 2. The number of carbonyl (C=O) groups is 1. The molecule has 8 heteroatoms. The van der Waals surface area contributed by atoms with Crippen LogP contribution in [0.15, 0.2) is 55.1 Å². The van der Waals surface area contributed by atoms with Crippen LogP contribution in [0.5, 0.6) is 0 Å². The topological polar surface area (TPSA) is 103 Å². The Bertz CT molecular complexity index is 1650. The van der Waals surface area contributed by atoms with Gasteiger partial charge >= 0.3 is 0 Å². The maximum atomic E-state index is 13.8. The molecule has 8 nitrogen and oxygen atoms in total. The van der Waals surface area contributed by atoms with E-state index in [0.29, 0.717) is 5.56 Å². The Hall–Kier alpha value is -4.07. The molecule has 7 rings (SSSR count). The average Bonchev–Trinajstić information content (AvgIpc) is 3.52. The van der Waals surface area contributed by atoms with Gasteiger partial charge in [-0.2, -0.15) is 10.2 Å². The molecule has 0 saturated carbocycles. The molecule has 1 fully saturated rings. The van der Waals surface area contributed by atoms with Gasteiger partial charge in [-0.1, -0.05) is 20.8 Å². The number of nitrogens with one attached hydrogen (secondary N) is 2. The highest BCUT2D eigenvalue weighted by atomic mass is 16.2. The van der Waals surface area contributed by atoms with E-state index in [1.54, 1.807) is 18.7 Å². The van der Waals surface area contributed by atoms with E-state index in [1.807, 2.05) is 24.3 Å². The van der Waals surface area contributed by atoms with E-state index >= 15 is 0 Å². The number of aromatic nitrogens is 6. The minimum absolute atomic E-state index is 0.0625. The zero-order valence-corrected chi connectivity index (χ0v) is 20.5. The summed E-state index contributed by atoms with van der Waals surface area (Å²) in [5.74, 6) is 0.879. The summed E-state index contributed by atoms with van der Waals surface area (Å²) in [4.78, 5) is 31.7. The summed E-state index contributed by atoms with van der Waals surface area (Å²) in [5, 5.41) is 7.87. The molecule has 2 N–H and O–H groups in total. The van der Waals surface area contributed by atoms with Crippen molar-refractivity contribution in [3.63, 3.8) is 0 Å². The van der Waals surface area contributed by atoms with E-state index in [1.165, 1.54) is 11.1 Å². The number of imidazole rings is 2. The van der Waals surface area contributed by atoms with Crippen LogP contribution in [0.3, 0.4) is 0 Å². The highest BCUT2D eigenvalue weighted by Crippen LogP contribution is 2.56. The number of aromatic amines is 2. The molecule has 0 unspecified atom stereocenters. The molecule has 3 aromatic heterocycles. The van der Waals surface area contributed by atoms with Crippen molar-refractivity contribution < 1.29 is 4.79 Å². The van der Waals surface area contributed by atoms with Crippen LogP contribution >= 0.6 is 0 Å². The quantitative estimate of drug-likeness (QED) is 0.385. The fourth-order valence-electron chi connectivity index (χ4n) is 6.46. The Morgan fingerprint density at radius 2 is 1.94 bits per heavy atom. The first-order valence-corrected chi connectivity index (χ1v) is 12.4. The largest absolute Gasteiger partial charge is 0.345 e. The molecule has 1 aliphatic heterocycles. The van der Waals surface area contributed by atoms with Crippen molar-refractivity contribution in [3.8, 4) is 11.4 Å². The van der Waals surface area contributed by atoms with Crippen molar-refractivity contribution in [2.24, 2.45) is 5.41 Å². The fraction of sp³-hybridized carbons (Fsp3) is 0.321. The second-order valence-electron chi connectivity index (χ2n) is 10.9. The first kappa shape index (κ1) is 21.2. The van der Waals surface area contributed by atoms with Gasteiger partial charge in [0.1, 0.15) is 5.82 Å². The van der Waals surface area contributed by atoms with Crippen LogP contribution in [0.25, 0.3) is 33.5 Å². The summed E-state index contributed by atoms with van der Waals surface area (Å²) in [6.45, 7) is 7.75. The van der Waals surface area contributed by atoms with Gasteiger partial charge < -0.3 is 14.9 Å². The van der Waals surface area contributed by atoms with Crippen LogP contribution in [0, 0.1) is 5.41 Å². The van der Waals surface area contributed by atoms with Crippen molar-refractivity contribution in [1.29, 1.82) is 0 Å². The number of hydrogen-bond acceptors (Lipinski definition) is 5. The number of rotatable bonds is 2. The van der Waals surface area contributed by atoms with Crippen molar-refractivity contribution >= 4 is 28.0 Å². The molecular weight excluding hydrogens is 450 g/mol. The Morgan fingerprint density at radius 1 is 1.06 bits per heavy atom. The second-order valence-corrected chi connectivity index (χ2v) is 10.9. The maximum absolute atomic E-state index is 13.8. The van der Waals surface area contributed by atoms with Gasteiger partial charge in [-0.25, -0.2) is 9.97 Å². The summed E-state index contributed by atoms with van der Waals surface area (Å²) < 4.78 is 0. The van der Waals surface area contributed by atoms with E-state index < -0.39 is 0 Å². The third-order valence-corrected chi connectivity index (χ3v) is 8.98. The monoisotopic (exact) mass is 477 g/mol. The molecule has 4 heterocycles. The van der Waals surface area contributed by atoms with Crippen LogP contribution in [0.2, 0.25) is 0 Å². The maximum Gasteiger partial charge on any atom is 0.254 e. The molecule has 36 heavy (non-hydrogen) atoms. The van der Waals surface area contributed by atoms with Gasteiger partial charge in [0.15, 0.2) is 0 Å². The molecule has 2 aliphatic rings. The van der Waals surface area contributed by atoms with Crippen LogP contribution in [-0.4, -0.2) is 53.5 Å². The number of amides is 1. The molecule has 2 bridgehead atoms. The minimum Gasteiger partial charge on any atom is -0.345 e. The average molecular weight is 478 g/mol. The lowest BCUT2D eigenvalue weighted by molar-refractivity contribution is -0.0261. The lowest BCUT2D eigenvalue weighted by Crippen LogP contribution is -2.64. The summed E-state index contributed by atoms with van der Waals surface area (Å²) in [7, 11) is 0. The number of nitrogens with zero attached hydrogens (tertiary/aromatic N) is 5. The molecule has 2 atom stereocenters. The Labute approximate surface area is 208 Å². The van der Waals surface area contributed by atoms with Gasteiger partial charge in [-0.3, -0.25) is 4.79 Å². The van der Waals surface area contributed by atoms with E-state index in [2.05, 4.69) is 63.0 Å². The predicted octanol–water partition coefficient (Wildman–Crippen LogP) is 4.65. The Morgan fingerprint density at radius 3 is 2.78 bits per heavy atom. The van der Waals surface area contributed by atoms with E-state index in [9.17, 15) is 4.79 Å². The standard InChI is InChI=1S/C28H27N7O/c1-27(2)24-12-18-11-22-23(34-25(33-22)17-6-8-31-32-14-17)13-19(18)28(27,3)7-9-35(24)26(36)16-4-5-20-21(10-16)30-15-29-20/h4-6,8,10-11,13-15,24H,7,9,12H2,1-3H3,(H,29,30)(H,33,34)/t24-,28+/m1/s1. The fourth-order valence-corrected chi connectivity index (χ4v) is 6.46. The first-order valence-electron chi connectivity index (χ1n) is 12.4. The molecule has 1 amide bonds. The second kappa shape index (κ2) is 7.22. The van der Waals surface area contributed by atoms with Crippen molar-refractivity contribution in [2.75, 3.05) is 6.54 Å². The number of piperidine rings is 1. The number of likely N-dealkylation sites (tertiary alicyclic amines) is 1. The molecular formula is C28H27N7O. The minimum atomic E-state index is -0.0997. The number of carbonyl (C=O) groups excluding carboxylic acids is 1. The van der Waals surface area contributed by atoms with Crippen molar-refractivity contribution in [1.82, 2.24) is 35.0 Å². The van der Waals surface area contributed by atoms with Gasteiger partial charge in [-0.05, 0) is 65.8 Å². The number of benzene rings is 2. The van der Waals surface area contributed by atoms with Crippen LogP contribution in [-0.2, 0) is 11.8 Å². The first-order chi connectivity index (χ1) is 17.3. The third kappa shape index (κ3) is 2.84. The van der Waals surface area contributed by atoms with E-state index in [0.717, 1.165) is 52.8 Å². The third-order valence-electron chi connectivity index (χ3n) is 8.98. The molecule has 5 aromatic rings. The Balaban J connectivity index is 1.30. The van der Waals surface area contributed by atoms with E-state index in [-0.39, 0.29) is 22.8 Å². The molecule has 2 aromatic carbocycles. The summed E-state index contributed by atoms with van der Waals surface area (Å²) in [6.07, 6.45) is 6.78. The predicted molar refractivity (Wildman–Crippen MR) is 137 cm³/mol. The smallest absolute Gasteiger partial charge is 0.254 e. The summed E-state index contributed by atoms with van der Waals surface area (Å²) >= 11 is 0. The van der Waals surface area contributed by atoms with Gasteiger partial charge in [0.05, 0.1) is 40.8 Å². The molecule has 0 spiro atoms. The molecule has 1 saturated heterocycles. The number of hydrogen-bond donors (Lipinski definition) is 2. The lowest BCUT2D eigenvalue weighted by atomic mass is 9.51. The number of fused-ring (bicyclic) bond motifs is 6. The zero-order chi connectivity index (χ0) is 24.7. The van der Waals surface area contributed by atoms with Crippen LogP contribution in [0.4, 0.5) is 0 Å². The zero-order valence-electron chi connectivity index (χ0n) is 20.5. The van der Waals surface area contributed by atoms with Gasteiger partial charge in [0.2, 0.25) is 0 Å². The molecule has 0 radical (unpaired) electrons. The highest BCUT2D eigenvalue weighted by Gasteiger charge is 2.57. The van der Waals surface area contributed by atoms with E-state index in [4.69, 9.17) is 4.98 Å². The summed E-state index contributed by atoms with van der Waals surface area (Å²) in [6, 6.07) is 12.2. The van der Waals surface area contributed by atoms with Gasteiger partial charge in [0.25, 0.3) is 5.91 Å². The highest BCUT2D eigenvalue weighted by molar-refractivity contribution is 5.97. The van der Waals surface area contributed by atoms with Crippen LogP contribution < -0.4 is 0 Å². The van der Waals surface area contributed by atoms with Gasteiger partial charge in [0, 0.05) is 29.1 Å². The van der Waals surface area contributed by atoms with Crippen molar-refractivity contribution in [3.05, 3.63) is 71.8 Å². The summed E-state index contributed by atoms with van der Waals surface area (Å²) in [5.41, 5.74) is 7.82. The van der Waals surface area contributed by atoms with Crippen molar-refractivity contribution in [2.45, 2.75) is 45.1 Å². The molecule has 180 valence electrons.